The fraction of sp³-hybridized carbons (Fsp3) is 0.889. The van der Waals surface area contributed by atoms with Gasteiger partial charge in [0.2, 0.25) is 6.08 Å². The van der Waals surface area contributed by atoms with Gasteiger partial charge in [0.1, 0.15) is 0 Å². The molecule has 0 aromatic heterocycles. The molecule has 0 fully saturated rings. The predicted octanol–water partition coefficient (Wildman–Crippen LogP) is 0.884. The van der Waals surface area contributed by atoms with Crippen LogP contribution in [0.5, 0.6) is 0 Å². The number of rotatable bonds is 10. The number of hydrogen-bond acceptors (Lipinski definition) is 6. The van der Waals surface area contributed by atoms with Gasteiger partial charge in [-0.15, -0.1) is 0 Å². The summed E-state index contributed by atoms with van der Waals surface area (Å²) in [4.78, 5) is 13.2. The second-order valence-electron chi connectivity index (χ2n) is 2.87. The lowest BCUT2D eigenvalue weighted by molar-refractivity contribution is -0.00655. The number of nitrogens with zero attached hydrogens (tertiary/aromatic N) is 1. The molecular formula is C9H19NO5Si. The fourth-order valence-electron chi connectivity index (χ4n) is 1.07. The van der Waals surface area contributed by atoms with E-state index in [1.807, 2.05) is 6.92 Å². The second-order valence-corrected chi connectivity index (χ2v) is 5.26. The van der Waals surface area contributed by atoms with Gasteiger partial charge in [0.25, 0.3) is 0 Å². The molecule has 0 atom stereocenters. The van der Waals surface area contributed by atoms with E-state index in [9.17, 15) is 4.79 Å². The lowest BCUT2D eigenvalue weighted by atomic mass is 10.3. The Kier molecular flexibility index (Phi) is 9.31. The van der Waals surface area contributed by atoms with Gasteiger partial charge in [-0.05, 0) is 19.8 Å². The van der Waals surface area contributed by atoms with Gasteiger partial charge in [-0.1, -0.05) is 0 Å². The highest BCUT2D eigenvalue weighted by Gasteiger charge is 2.42. The maximum atomic E-state index is 9.80. The maximum Gasteiger partial charge on any atom is 0.679 e. The maximum absolute atomic E-state index is 9.80. The third-order valence-corrected chi connectivity index (χ3v) is 4.03. The van der Waals surface area contributed by atoms with Gasteiger partial charge in [-0.3, -0.25) is 0 Å². The molecule has 0 saturated heterocycles. The Morgan fingerprint density at radius 1 is 1.19 bits per heavy atom. The van der Waals surface area contributed by atoms with E-state index < -0.39 is 9.05 Å². The molecule has 0 aromatic rings. The van der Waals surface area contributed by atoms with Gasteiger partial charge in [-0.2, -0.15) is 0 Å². The van der Waals surface area contributed by atoms with Crippen LogP contribution in [0.1, 0.15) is 19.8 Å². The van der Waals surface area contributed by atoms with Gasteiger partial charge >= 0.3 is 9.05 Å². The molecule has 0 radical (unpaired) electrons. The first kappa shape index (κ1) is 15.4. The molecule has 6 nitrogen and oxygen atoms in total. The van der Waals surface area contributed by atoms with Crippen molar-refractivity contribution in [2.45, 2.75) is 19.8 Å². The summed E-state index contributed by atoms with van der Waals surface area (Å²) in [5.41, 5.74) is 0. The summed E-state index contributed by atoms with van der Waals surface area (Å²) in [7, 11) is 0.0842. The first-order valence-electron chi connectivity index (χ1n) is 5.16. The third-order valence-electron chi connectivity index (χ3n) is 1.83. The zero-order chi connectivity index (χ0) is 12.3. The molecule has 0 N–H and O–H groups in total. The lowest BCUT2D eigenvalue weighted by Crippen LogP contribution is -2.47. The van der Waals surface area contributed by atoms with Crippen molar-refractivity contribution in [3.8, 4) is 0 Å². The van der Waals surface area contributed by atoms with Crippen LogP contribution < -0.4 is 0 Å². The van der Waals surface area contributed by atoms with Crippen molar-refractivity contribution >= 4 is 15.1 Å². The Morgan fingerprint density at radius 2 is 1.88 bits per heavy atom. The van der Waals surface area contributed by atoms with E-state index in [2.05, 4.69) is 4.99 Å². The van der Waals surface area contributed by atoms with Crippen LogP contribution in [0.4, 0.5) is 0 Å². The van der Waals surface area contributed by atoms with Crippen LogP contribution in [0.2, 0.25) is 0 Å². The highest BCUT2D eigenvalue weighted by molar-refractivity contribution is 6.53. The zero-order valence-corrected chi connectivity index (χ0v) is 11.0. The minimum Gasteiger partial charge on any atom is -0.355 e. The van der Waals surface area contributed by atoms with Crippen molar-refractivity contribution in [1.29, 1.82) is 0 Å². The molecule has 0 saturated carbocycles. The van der Waals surface area contributed by atoms with E-state index in [1.54, 1.807) is 0 Å². The monoisotopic (exact) mass is 249 g/mol. The van der Waals surface area contributed by atoms with Crippen LogP contribution in [-0.2, 0) is 22.5 Å². The van der Waals surface area contributed by atoms with Crippen LogP contribution in [0, 0.1) is 0 Å². The Labute approximate surface area is 97.0 Å². The topological polar surface area (TPSA) is 66.3 Å². The van der Waals surface area contributed by atoms with E-state index in [4.69, 9.17) is 17.7 Å². The summed E-state index contributed by atoms with van der Waals surface area (Å²) in [6.45, 7) is 3.25. The molecule has 0 bridgehead atoms. The van der Waals surface area contributed by atoms with E-state index >= 15 is 0 Å². The number of carbonyl (C=O) groups excluding carboxylic acids is 1. The molecule has 0 aliphatic heterocycles. The molecule has 16 heavy (non-hydrogen) atoms. The molecule has 0 aliphatic carbocycles. The highest BCUT2D eigenvalue weighted by Crippen LogP contribution is 2.10. The molecule has 0 spiro atoms. The highest BCUT2D eigenvalue weighted by atomic mass is 28.4. The van der Waals surface area contributed by atoms with Gasteiger partial charge in [0.15, 0.2) is 0 Å². The fourth-order valence-corrected chi connectivity index (χ4v) is 2.54. The van der Waals surface area contributed by atoms with Crippen LogP contribution in [-0.4, -0.2) is 49.1 Å². The molecular weight excluding hydrogens is 230 g/mol. The average Bonchev–Trinajstić information content (AvgIpc) is 2.32. The summed E-state index contributed by atoms with van der Waals surface area (Å²) >= 11 is 0. The van der Waals surface area contributed by atoms with Gasteiger partial charge < -0.3 is 17.7 Å². The van der Waals surface area contributed by atoms with E-state index in [0.717, 1.165) is 12.8 Å². The molecule has 0 heterocycles. The molecule has 94 valence electrons. The Balaban J connectivity index is 3.79. The van der Waals surface area contributed by atoms with Crippen LogP contribution >= 0.6 is 0 Å². The predicted molar refractivity (Wildman–Crippen MR) is 59.6 cm³/mol. The Morgan fingerprint density at radius 3 is 2.38 bits per heavy atom. The quantitative estimate of drug-likeness (QED) is 0.249. The van der Waals surface area contributed by atoms with E-state index in [1.165, 1.54) is 20.3 Å². The normalized spacial score (nSPS) is 11.2. The zero-order valence-electron chi connectivity index (χ0n) is 10.0. The van der Waals surface area contributed by atoms with E-state index in [-0.39, 0.29) is 0 Å². The largest absolute Gasteiger partial charge is 0.679 e. The molecule has 0 aliphatic rings. The first-order valence-corrected chi connectivity index (χ1v) is 6.79. The molecule has 0 aromatic carbocycles. The number of hydrogen-bond donors (Lipinski definition) is 0. The Hall–Kier alpha value is -0.563. The first-order chi connectivity index (χ1) is 7.74. The Bertz CT molecular complexity index is 216. The summed E-state index contributed by atoms with van der Waals surface area (Å²) in [6, 6.07) is 0. The lowest BCUT2D eigenvalue weighted by Gasteiger charge is -2.24. The average molecular weight is 249 g/mol. The second kappa shape index (κ2) is 9.65. The summed E-state index contributed by atoms with van der Waals surface area (Å²) in [5.74, 6) is 0. The summed E-state index contributed by atoms with van der Waals surface area (Å²) < 4.78 is 21.1. The van der Waals surface area contributed by atoms with Crippen LogP contribution in [0.25, 0.3) is 0 Å². The molecule has 0 rings (SSSR count). The molecule has 0 amide bonds. The molecule has 7 heteroatoms. The number of unbranched alkanes of at least 4 members (excludes halogenated alkanes) is 1. The van der Waals surface area contributed by atoms with E-state index in [0.29, 0.717) is 19.8 Å². The standard InChI is InChI=1S/C9H19NO5Si/c1-4-14-16(12-2,13-3)15-8-6-5-7-10-9-11/h4-8H2,1-3H3. The van der Waals surface area contributed by atoms with Crippen LogP contribution in [0.15, 0.2) is 4.99 Å². The van der Waals surface area contributed by atoms with Crippen LogP contribution in [0.3, 0.4) is 0 Å². The van der Waals surface area contributed by atoms with Crippen molar-refractivity contribution in [3.63, 3.8) is 0 Å². The van der Waals surface area contributed by atoms with Gasteiger partial charge in [0, 0.05) is 27.4 Å². The number of isocyanates is 1. The minimum atomic E-state index is -2.92. The SMILES string of the molecule is CCO[Si](OC)(OC)OCCCCN=C=O. The summed E-state index contributed by atoms with van der Waals surface area (Å²) in [6.07, 6.45) is 3.01. The van der Waals surface area contributed by atoms with Crippen molar-refractivity contribution in [2.24, 2.45) is 4.99 Å². The molecule has 0 unspecified atom stereocenters. The van der Waals surface area contributed by atoms with Gasteiger partial charge in [-0.25, -0.2) is 9.79 Å². The minimum absolute atomic E-state index is 0.461. The van der Waals surface area contributed by atoms with Crippen molar-refractivity contribution in [2.75, 3.05) is 34.0 Å². The third kappa shape index (κ3) is 6.11. The van der Waals surface area contributed by atoms with Crippen molar-refractivity contribution in [1.82, 2.24) is 0 Å². The van der Waals surface area contributed by atoms with Crippen molar-refractivity contribution < 1.29 is 22.5 Å². The van der Waals surface area contributed by atoms with Crippen molar-refractivity contribution in [3.05, 3.63) is 0 Å². The number of aliphatic imine (C=N–C) groups is 1. The summed E-state index contributed by atoms with van der Waals surface area (Å²) in [5, 5.41) is 0. The smallest absolute Gasteiger partial charge is 0.355 e. The van der Waals surface area contributed by atoms with Gasteiger partial charge in [0.05, 0.1) is 6.54 Å².